The molecule has 6 heteroatoms. The van der Waals surface area contributed by atoms with Gasteiger partial charge in [0.15, 0.2) is 0 Å². The Morgan fingerprint density at radius 1 is 0.893 bits per heavy atom. The first-order chi connectivity index (χ1) is 13.7. The Kier molecular flexibility index (Phi) is 5.76. The van der Waals surface area contributed by atoms with Crippen LogP contribution >= 0.6 is 0 Å². The third-order valence-corrected chi connectivity index (χ3v) is 5.70. The zero-order chi connectivity index (χ0) is 19.3. The standard InChI is InChI=1S/C22H27N3O3/c26-21(18-9-15-28-16-10-18)24-11-4-12-25(14-13-24)22(27)23-20-8-3-6-17-5-1-2-7-19(17)20/h1-3,5-8,18H,4,9-16H2,(H,23,27). The van der Waals surface area contributed by atoms with E-state index < -0.39 is 0 Å². The molecule has 2 aliphatic heterocycles. The Balaban J connectivity index is 1.38. The fourth-order valence-electron chi connectivity index (χ4n) is 4.07. The molecular formula is C22H27N3O3. The first-order valence-electron chi connectivity index (χ1n) is 10.1. The van der Waals surface area contributed by atoms with Gasteiger partial charge < -0.3 is 19.9 Å². The van der Waals surface area contributed by atoms with Gasteiger partial charge in [0.2, 0.25) is 5.91 Å². The zero-order valence-corrected chi connectivity index (χ0v) is 16.1. The number of benzene rings is 2. The number of hydrogen-bond acceptors (Lipinski definition) is 3. The molecule has 0 radical (unpaired) electrons. The Morgan fingerprint density at radius 2 is 1.61 bits per heavy atom. The second kappa shape index (κ2) is 8.61. The van der Waals surface area contributed by atoms with Gasteiger partial charge in [0.25, 0.3) is 0 Å². The summed E-state index contributed by atoms with van der Waals surface area (Å²) in [6.07, 6.45) is 2.42. The van der Waals surface area contributed by atoms with E-state index in [0.29, 0.717) is 39.4 Å². The summed E-state index contributed by atoms with van der Waals surface area (Å²) in [5.74, 6) is 0.296. The number of ether oxygens (including phenoxy) is 1. The second-order valence-electron chi connectivity index (χ2n) is 7.51. The molecule has 0 spiro atoms. The fourth-order valence-corrected chi connectivity index (χ4v) is 4.07. The summed E-state index contributed by atoms with van der Waals surface area (Å²) in [7, 11) is 0. The van der Waals surface area contributed by atoms with Gasteiger partial charge in [0.1, 0.15) is 0 Å². The van der Waals surface area contributed by atoms with Crippen LogP contribution in [0.2, 0.25) is 0 Å². The van der Waals surface area contributed by atoms with Crippen molar-refractivity contribution < 1.29 is 14.3 Å². The average molecular weight is 381 g/mol. The summed E-state index contributed by atoms with van der Waals surface area (Å²) < 4.78 is 5.37. The summed E-state index contributed by atoms with van der Waals surface area (Å²) >= 11 is 0. The molecule has 0 saturated carbocycles. The summed E-state index contributed by atoms with van der Waals surface area (Å²) in [5.41, 5.74) is 0.822. The molecule has 0 unspecified atom stereocenters. The molecule has 0 atom stereocenters. The Labute approximate surface area is 165 Å². The minimum absolute atomic E-state index is 0.0739. The fraction of sp³-hybridized carbons (Fsp3) is 0.455. The number of carbonyl (C=O) groups is 2. The minimum atomic E-state index is -0.100. The highest BCUT2D eigenvalue weighted by atomic mass is 16.5. The van der Waals surface area contributed by atoms with Crippen LogP contribution < -0.4 is 5.32 Å². The molecule has 2 aromatic rings. The lowest BCUT2D eigenvalue weighted by molar-refractivity contribution is -0.138. The van der Waals surface area contributed by atoms with Crippen molar-refractivity contribution in [1.29, 1.82) is 0 Å². The van der Waals surface area contributed by atoms with Gasteiger partial charge >= 0.3 is 6.03 Å². The molecule has 2 aromatic carbocycles. The molecule has 2 aliphatic rings. The lowest BCUT2D eigenvalue weighted by atomic mass is 9.98. The molecule has 0 bridgehead atoms. The van der Waals surface area contributed by atoms with Gasteiger partial charge in [-0.2, -0.15) is 0 Å². The molecule has 2 heterocycles. The van der Waals surface area contributed by atoms with E-state index in [1.165, 1.54) is 0 Å². The predicted molar refractivity (Wildman–Crippen MR) is 109 cm³/mol. The quantitative estimate of drug-likeness (QED) is 0.868. The molecule has 6 nitrogen and oxygen atoms in total. The number of nitrogens with zero attached hydrogens (tertiary/aromatic N) is 2. The number of nitrogens with one attached hydrogen (secondary N) is 1. The van der Waals surface area contributed by atoms with Crippen molar-refractivity contribution in [3.8, 4) is 0 Å². The van der Waals surface area contributed by atoms with E-state index in [9.17, 15) is 9.59 Å². The van der Waals surface area contributed by atoms with E-state index in [1.54, 1.807) is 0 Å². The molecule has 2 saturated heterocycles. The first kappa shape index (κ1) is 18.7. The topological polar surface area (TPSA) is 61.9 Å². The molecule has 1 N–H and O–H groups in total. The molecule has 148 valence electrons. The monoisotopic (exact) mass is 381 g/mol. The molecule has 4 rings (SSSR count). The number of urea groups is 1. The molecular weight excluding hydrogens is 354 g/mol. The lowest BCUT2D eigenvalue weighted by Gasteiger charge is -2.28. The maximum Gasteiger partial charge on any atom is 0.321 e. The molecule has 0 aromatic heterocycles. The van der Waals surface area contributed by atoms with E-state index in [0.717, 1.165) is 35.7 Å². The highest BCUT2D eigenvalue weighted by Gasteiger charge is 2.28. The number of amides is 3. The van der Waals surface area contributed by atoms with E-state index in [1.807, 2.05) is 52.3 Å². The summed E-state index contributed by atoms with van der Waals surface area (Å²) in [6, 6.07) is 13.8. The third kappa shape index (κ3) is 4.12. The number of rotatable bonds is 2. The van der Waals surface area contributed by atoms with Crippen LogP contribution in [0, 0.1) is 5.92 Å². The SMILES string of the molecule is O=C(Nc1cccc2ccccc12)N1CCCN(C(=O)C2CCOCC2)CC1. The second-order valence-corrected chi connectivity index (χ2v) is 7.51. The van der Waals surface area contributed by atoms with Crippen molar-refractivity contribution >= 4 is 28.4 Å². The van der Waals surface area contributed by atoms with Crippen molar-refractivity contribution in [2.24, 2.45) is 5.92 Å². The minimum Gasteiger partial charge on any atom is -0.381 e. The predicted octanol–water partition coefficient (Wildman–Crippen LogP) is 3.33. The molecule has 3 amide bonds. The average Bonchev–Trinajstić information content (AvgIpc) is 3.00. The van der Waals surface area contributed by atoms with Gasteiger partial charge in [0.05, 0.1) is 5.69 Å². The normalized spacial score (nSPS) is 18.7. The van der Waals surface area contributed by atoms with Gasteiger partial charge in [-0.05, 0) is 30.7 Å². The largest absolute Gasteiger partial charge is 0.381 e. The van der Waals surface area contributed by atoms with Crippen molar-refractivity contribution in [3.63, 3.8) is 0 Å². The lowest BCUT2D eigenvalue weighted by Crippen LogP contribution is -2.42. The van der Waals surface area contributed by atoms with Crippen molar-refractivity contribution in [2.45, 2.75) is 19.3 Å². The van der Waals surface area contributed by atoms with Crippen LogP contribution in [-0.4, -0.2) is 61.1 Å². The van der Waals surface area contributed by atoms with Crippen LogP contribution in [0.3, 0.4) is 0 Å². The van der Waals surface area contributed by atoms with Crippen molar-refractivity contribution in [3.05, 3.63) is 42.5 Å². The molecule has 2 fully saturated rings. The number of carbonyl (C=O) groups excluding carboxylic acids is 2. The van der Waals surface area contributed by atoms with Gasteiger partial charge in [-0.25, -0.2) is 4.79 Å². The van der Waals surface area contributed by atoms with Crippen LogP contribution in [0.25, 0.3) is 10.8 Å². The van der Waals surface area contributed by atoms with E-state index >= 15 is 0 Å². The molecule has 0 aliphatic carbocycles. The van der Waals surface area contributed by atoms with Crippen LogP contribution in [0.4, 0.5) is 10.5 Å². The number of hydrogen-bond donors (Lipinski definition) is 1. The Hall–Kier alpha value is -2.60. The van der Waals surface area contributed by atoms with E-state index in [-0.39, 0.29) is 17.9 Å². The maximum absolute atomic E-state index is 12.8. The van der Waals surface area contributed by atoms with Crippen molar-refractivity contribution in [2.75, 3.05) is 44.7 Å². The van der Waals surface area contributed by atoms with Gasteiger partial charge in [-0.3, -0.25) is 4.79 Å². The number of anilines is 1. The van der Waals surface area contributed by atoms with Crippen LogP contribution in [-0.2, 0) is 9.53 Å². The first-order valence-corrected chi connectivity index (χ1v) is 10.1. The molecule has 28 heavy (non-hydrogen) atoms. The smallest absolute Gasteiger partial charge is 0.321 e. The van der Waals surface area contributed by atoms with Crippen LogP contribution in [0.5, 0.6) is 0 Å². The highest BCUT2D eigenvalue weighted by Crippen LogP contribution is 2.24. The summed E-state index contributed by atoms with van der Waals surface area (Å²) in [6.45, 7) is 3.88. The summed E-state index contributed by atoms with van der Waals surface area (Å²) in [5, 5.41) is 5.19. The Morgan fingerprint density at radius 3 is 2.46 bits per heavy atom. The van der Waals surface area contributed by atoms with E-state index in [4.69, 9.17) is 4.74 Å². The van der Waals surface area contributed by atoms with Crippen molar-refractivity contribution in [1.82, 2.24) is 9.80 Å². The van der Waals surface area contributed by atoms with Gasteiger partial charge in [-0.1, -0.05) is 36.4 Å². The highest BCUT2D eigenvalue weighted by molar-refractivity contribution is 6.01. The summed E-state index contributed by atoms with van der Waals surface area (Å²) in [4.78, 5) is 29.4. The van der Waals surface area contributed by atoms with Gasteiger partial charge in [0, 0.05) is 50.7 Å². The number of fused-ring (bicyclic) bond motifs is 1. The third-order valence-electron chi connectivity index (χ3n) is 5.70. The Bertz CT molecular complexity index is 843. The van der Waals surface area contributed by atoms with Crippen LogP contribution in [0.15, 0.2) is 42.5 Å². The maximum atomic E-state index is 12.8. The van der Waals surface area contributed by atoms with Gasteiger partial charge in [-0.15, -0.1) is 0 Å². The zero-order valence-electron chi connectivity index (χ0n) is 16.1. The van der Waals surface area contributed by atoms with E-state index in [2.05, 4.69) is 5.32 Å². The van der Waals surface area contributed by atoms with Crippen LogP contribution in [0.1, 0.15) is 19.3 Å².